The summed E-state index contributed by atoms with van der Waals surface area (Å²) in [4.78, 5) is 0. The van der Waals surface area contributed by atoms with Gasteiger partial charge in [0.25, 0.3) is 0 Å². The van der Waals surface area contributed by atoms with E-state index < -0.39 is 0 Å². The molecular weight excluding hydrogens is 240 g/mol. The fraction of sp³-hybridized carbons (Fsp3) is 0.364. The molecular formula is C11H12N2O3S. The maximum Gasteiger partial charge on any atom is 0.304 e. The van der Waals surface area contributed by atoms with Crippen molar-refractivity contribution in [2.75, 3.05) is 14.2 Å². The van der Waals surface area contributed by atoms with Crippen LogP contribution in [0.25, 0.3) is 0 Å². The van der Waals surface area contributed by atoms with Gasteiger partial charge in [-0.3, -0.25) is 0 Å². The van der Waals surface area contributed by atoms with Crippen molar-refractivity contribution in [1.29, 1.82) is 0 Å². The number of benzene rings is 1. The average Bonchev–Trinajstić information content (AvgIpc) is 2.74. The molecule has 0 bridgehead atoms. The summed E-state index contributed by atoms with van der Waals surface area (Å²) in [5.41, 5.74) is 1.02. The van der Waals surface area contributed by atoms with Crippen LogP contribution in [0.15, 0.2) is 28.4 Å². The normalized spacial score (nSPS) is 18.0. The SMILES string of the molecule is COc1ccc(CC2N=NC(=S)O2)cc1OC. The van der Waals surface area contributed by atoms with Crippen LogP contribution in [0.2, 0.25) is 0 Å². The molecule has 1 unspecified atom stereocenters. The second kappa shape index (κ2) is 5.09. The third-order valence-corrected chi connectivity index (χ3v) is 2.54. The molecule has 1 aromatic rings. The van der Waals surface area contributed by atoms with Gasteiger partial charge >= 0.3 is 5.17 Å². The summed E-state index contributed by atoms with van der Waals surface area (Å²) in [6.45, 7) is 0. The highest BCUT2D eigenvalue weighted by Crippen LogP contribution is 2.28. The van der Waals surface area contributed by atoms with Crippen molar-refractivity contribution in [3.05, 3.63) is 23.8 Å². The van der Waals surface area contributed by atoms with Crippen LogP contribution in [-0.2, 0) is 11.2 Å². The van der Waals surface area contributed by atoms with Crippen LogP contribution in [0.3, 0.4) is 0 Å². The monoisotopic (exact) mass is 252 g/mol. The van der Waals surface area contributed by atoms with Gasteiger partial charge in [-0.25, -0.2) is 0 Å². The van der Waals surface area contributed by atoms with Crippen LogP contribution in [0, 0.1) is 0 Å². The molecule has 0 amide bonds. The largest absolute Gasteiger partial charge is 0.493 e. The molecule has 0 fully saturated rings. The predicted molar refractivity (Wildman–Crippen MR) is 65.6 cm³/mol. The molecule has 1 heterocycles. The van der Waals surface area contributed by atoms with Crippen molar-refractivity contribution in [3.63, 3.8) is 0 Å². The summed E-state index contributed by atoms with van der Waals surface area (Å²) in [7, 11) is 3.20. The van der Waals surface area contributed by atoms with E-state index in [1.807, 2.05) is 18.2 Å². The van der Waals surface area contributed by atoms with E-state index in [2.05, 4.69) is 10.2 Å². The van der Waals surface area contributed by atoms with Crippen LogP contribution in [0.5, 0.6) is 11.5 Å². The van der Waals surface area contributed by atoms with Gasteiger partial charge in [-0.2, -0.15) is 0 Å². The van der Waals surface area contributed by atoms with Gasteiger partial charge in [0.1, 0.15) is 0 Å². The molecule has 0 N–H and O–H groups in total. The Kier molecular flexibility index (Phi) is 3.53. The number of ether oxygens (including phenoxy) is 3. The van der Waals surface area contributed by atoms with Gasteiger partial charge in [0.2, 0.25) is 6.23 Å². The molecule has 5 nitrogen and oxygen atoms in total. The predicted octanol–water partition coefficient (Wildman–Crippen LogP) is 2.34. The van der Waals surface area contributed by atoms with E-state index in [4.69, 9.17) is 26.4 Å². The van der Waals surface area contributed by atoms with E-state index in [-0.39, 0.29) is 11.4 Å². The van der Waals surface area contributed by atoms with Gasteiger partial charge in [0, 0.05) is 6.42 Å². The summed E-state index contributed by atoms with van der Waals surface area (Å²) >= 11 is 4.77. The maximum absolute atomic E-state index is 5.22. The molecule has 90 valence electrons. The Balaban J connectivity index is 2.11. The van der Waals surface area contributed by atoms with E-state index >= 15 is 0 Å². The molecule has 0 radical (unpaired) electrons. The van der Waals surface area contributed by atoms with E-state index in [0.29, 0.717) is 17.9 Å². The lowest BCUT2D eigenvalue weighted by atomic mass is 10.1. The first-order chi connectivity index (χ1) is 8.22. The van der Waals surface area contributed by atoms with Crippen molar-refractivity contribution in [2.45, 2.75) is 12.6 Å². The summed E-state index contributed by atoms with van der Waals surface area (Å²) in [6, 6.07) is 5.67. The summed E-state index contributed by atoms with van der Waals surface area (Å²) in [5, 5.41) is 7.76. The van der Waals surface area contributed by atoms with E-state index in [1.165, 1.54) is 0 Å². The minimum absolute atomic E-state index is 0.190. The molecule has 1 aliphatic heterocycles. The van der Waals surface area contributed by atoms with E-state index in [9.17, 15) is 0 Å². The molecule has 0 spiro atoms. The lowest BCUT2D eigenvalue weighted by molar-refractivity contribution is 0.222. The number of rotatable bonds is 4. The van der Waals surface area contributed by atoms with Gasteiger partial charge in [-0.1, -0.05) is 6.07 Å². The van der Waals surface area contributed by atoms with Crippen molar-refractivity contribution in [2.24, 2.45) is 10.2 Å². The summed E-state index contributed by atoms with van der Waals surface area (Å²) in [6.07, 6.45) is 0.268. The Morgan fingerprint density at radius 2 is 2.06 bits per heavy atom. The van der Waals surface area contributed by atoms with Crippen molar-refractivity contribution >= 4 is 17.4 Å². The average molecular weight is 252 g/mol. The van der Waals surface area contributed by atoms with Crippen molar-refractivity contribution < 1.29 is 14.2 Å². The number of nitrogens with zero attached hydrogens (tertiary/aromatic N) is 2. The van der Waals surface area contributed by atoms with Crippen molar-refractivity contribution in [3.8, 4) is 11.5 Å². The minimum atomic E-state index is -0.333. The third kappa shape index (κ3) is 2.71. The Bertz CT molecular complexity index is 462. The number of hydrogen-bond donors (Lipinski definition) is 0. The highest BCUT2D eigenvalue weighted by molar-refractivity contribution is 7.80. The molecule has 0 saturated heterocycles. The second-order valence-corrected chi connectivity index (χ2v) is 3.80. The van der Waals surface area contributed by atoms with E-state index in [1.54, 1.807) is 14.2 Å². The molecule has 0 saturated carbocycles. The molecule has 1 aromatic carbocycles. The highest BCUT2D eigenvalue weighted by Gasteiger charge is 2.18. The molecule has 17 heavy (non-hydrogen) atoms. The second-order valence-electron chi connectivity index (χ2n) is 3.45. The fourth-order valence-corrected chi connectivity index (χ4v) is 1.72. The number of methoxy groups -OCH3 is 2. The smallest absolute Gasteiger partial charge is 0.304 e. The molecule has 1 atom stereocenters. The molecule has 6 heteroatoms. The fourth-order valence-electron chi connectivity index (χ4n) is 1.57. The maximum atomic E-state index is 5.22. The summed E-state index contributed by atoms with van der Waals surface area (Å²) < 4.78 is 15.6. The van der Waals surface area contributed by atoms with Crippen LogP contribution in [-0.4, -0.2) is 25.6 Å². The Hall–Kier alpha value is -1.69. The first-order valence-electron chi connectivity index (χ1n) is 5.05. The molecule has 0 aromatic heterocycles. The number of thiocarbonyl (C=S) groups is 1. The Morgan fingerprint density at radius 1 is 1.29 bits per heavy atom. The van der Waals surface area contributed by atoms with E-state index in [0.717, 1.165) is 5.56 Å². The number of hydrogen-bond acceptors (Lipinski definition) is 5. The molecule has 2 rings (SSSR count). The number of azo groups is 1. The highest BCUT2D eigenvalue weighted by atomic mass is 32.1. The standard InChI is InChI=1S/C11H12N2O3S/c1-14-8-4-3-7(5-9(8)15-2)6-10-12-13-11(17)16-10/h3-5,10H,6H2,1-2H3. The topological polar surface area (TPSA) is 52.4 Å². The summed E-state index contributed by atoms with van der Waals surface area (Å²) in [5.74, 6) is 1.38. The van der Waals surface area contributed by atoms with Crippen LogP contribution in [0.4, 0.5) is 0 Å². The first kappa shape index (κ1) is 11.8. The van der Waals surface area contributed by atoms with Crippen LogP contribution < -0.4 is 9.47 Å². The van der Waals surface area contributed by atoms with Gasteiger partial charge in [0.15, 0.2) is 11.5 Å². The van der Waals surface area contributed by atoms with Gasteiger partial charge in [-0.05, 0) is 29.9 Å². The van der Waals surface area contributed by atoms with Gasteiger partial charge in [0.05, 0.1) is 14.2 Å². The lowest BCUT2D eigenvalue weighted by Crippen LogP contribution is -2.10. The zero-order valence-corrected chi connectivity index (χ0v) is 10.4. The minimum Gasteiger partial charge on any atom is -0.493 e. The molecule has 1 aliphatic rings. The molecule has 0 aliphatic carbocycles. The quantitative estimate of drug-likeness (QED) is 0.772. The zero-order valence-electron chi connectivity index (χ0n) is 9.54. The Labute approximate surface area is 104 Å². The lowest BCUT2D eigenvalue weighted by Gasteiger charge is -2.10. The third-order valence-electron chi connectivity index (χ3n) is 2.36. The van der Waals surface area contributed by atoms with Crippen LogP contribution >= 0.6 is 12.2 Å². The zero-order chi connectivity index (χ0) is 12.3. The van der Waals surface area contributed by atoms with Gasteiger partial charge in [-0.15, -0.1) is 10.2 Å². The van der Waals surface area contributed by atoms with Crippen molar-refractivity contribution in [1.82, 2.24) is 0 Å². The first-order valence-corrected chi connectivity index (χ1v) is 5.46. The van der Waals surface area contributed by atoms with Crippen LogP contribution in [0.1, 0.15) is 5.56 Å². The van der Waals surface area contributed by atoms with Gasteiger partial charge < -0.3 is 14.2 Å². The Morgan fingerprint density at radius 3 is 2.65 bits per heavy atom.